The predicted octanol–water partition coefficient (Wildman–Crippen LogP) is 13.9. The molecule has 0 aromatic rings. The van der Waals surface area contributed by atoms with Crippen LogP contribution < -0.4 is 0 Å². The Kier molecular flexibility index (Phi) is 36.2. The zero-order valence-electron chi connectivity index (χ0n) is 37.4. The molecule has 1 N–H and O–H groups in total. The van der Waals surface area contributed by atoms with Crippen molar-refractivity contribution in [3.05, 3.63) is 0 Å². The lowest BCUT2D eigenvalue weighted by atomic mass is 9.91. The van der Waals surface area contributed by atoms with Crippen LogP contribution in [0.1, 0.15) is 246 Å². The molecule has 0 radical (unpaired) electrons. The first-order valence-corrected chi connectivity index (χ1v) is 24.6. The Labute approximate surface area is 342 Å². The summed E-state index contributed by atoms with van der Waals surface area (Å²) in [5.41, 5.74) is 0. The molecular weight excluding hydrogens is 683 g/mol. The van der Waals surface area contributed by atoms with Crippen LogP contribution in [0.2, 0.25) is 0 Å². The van der Waals surface area contributed by atoms with Gasteiger partial charge in [0.25, 0.3) is 0 Å². The fourth-order valence-electron chi connectivity index (χ4n) is 8.87. The van der Waals surface area contributed by atoms with Gasteiger partial charge in [0.2, 0.25) is 0 Å². The summed E-state index contributed by atoms with van der Waals surface area (Å²) in [6, 6.07) is 0.594. The van der Waals surface area contributed by atoms with Gasteiger partial charge in [-0.2, -0.15) is 0 Å². The van der Waals surface area contributed by atoms with E-state index in [1.807, 2.05) is 0 Å². The number of esters is 2. The quantitative estimate of drug-likeness (QED) is 0.0493. The number of aliphatic hydroxyl groups is 1. The van der Waals surface area contributed by atoms with Crippen molar-refractivity contribution in [2.75, 3.05) is 32.9 Å². The summed E-state index contributed by atoms with van der Waals surface area (Å²) in [7, 11) is 0. The van der Waals surface area contributed by atoms with Gasteiger partial charge in [-0.15, -0.1) is 0 Å². The van der Waals surface area contributed by atoms with Crippen LogP contribution in [0.5, 0.6) is 0 Å². The van der Waals surface area contributed by atoms with Crippen molar-refractivity contribution in [2.24, 2.45) is 17.8 Å². The first-order chi connectivity index (χ1) is 27.0. The lowest BCUT2D eigenvalue weighted by Gasteiger charge is -2.34. The fraction of sp³-hybridized carbons (Fsp3) is 0.959. The van der Waals surface area contributed by atoms with Gasteiger partial charge in [0.05, 0.1) is 19.8 Å². The Balaban J connectivity index is 2.80. The van der Waals surface area contributed by atoms with Crippen molar-refractivity contribution < 1.29 is 24.2 Å². The van der Waals surface area contributed by atoms with Crippen molar-refractivity contribution in [1.29, 1.82) is 0 Å². The number of nitrogens with zero attached hydrogens (tertiary/aromatic N) is 1. The largest absolute Gasteiger partial charge is 0.465 e. The van der Waals surface area contributed by atoms with Crippen LogP contribution in [0.25, 0.3) is 0 Å². The summed E-state index contributed by atoms with van der Waals surface area (Å²) in [4.78, 5) is 29.2. The Hall–Kier alpha value is -1.14. The summed E-state index contributed by atoms with van der Waals surface area (Å²) in [5.74, 6) is 0.702. The van der Waals surface area contributed by atoms with Crippen molar-refractivity contribution in [3.8, 4) is 0 Å². The third kappa shape index (κ3) is 30.6. The molecule has 6 heteroatoms. The molecule has 55 heavy (non-hydrogen) atoms. The fourth-order valence-corrected chi connectivity index (χ4v) is 8.87. The van der Waals surface area contributed by atoms with Crippen molar-refractivity contribution >= 4 is 11.9 Å². The molecule has 0 spiro atoms. The van der Waals surface area contributed by atoms with Crippen LogP contribution in [0, 0.1) is 17.8 Å². The summed E-state index contributed by atoms with van der Waals surface area (Å²) >= 11 is 0. The predicted molar refractivity (Wildman–Crippen MR) is 235 cm³/mol. The van der Waals surface area contributed by atoms with Crippen molar-refractivity contribution in [3.63, 3.8) is 0 Å². The van der Waals surface area contributed by atoms with Gasteiger partial charge in [0.15, 0.2) is 0 Å². The molecule has 1 aliphatic carbocycles. The number of rotatable bonds is 40. The Morgan fingerprint density at radius 3 is 1.27 bits per heavy atom. The van der Waals surface area contributed by atoms with Gasteiger partial charge in [-0.05, 0) is 69.7 Å². The first-order valence-electron chi connectivity index (χ1n) is 24.6. The number of aliphatic hydroxyl groups excluding tert-OH is 1. The number of ether oxygens (including phenoxy) is 2. The Morgan fingerprint density at radius 2 is 0.855 bits per heavy atom. The van der Waals surface area contributed by atoms with Crippen LogP contribution in [0.15, 0.2) is 0 Å². The monoisotopic (exact) mass is 778 g/mol. The maximum Gasteiger partial charge on any atom is 0.306 e. The number of carbonyl (C=O) groups excluding carboxylic acids is 2. The van der Waals surface area contributed by atoms with Crippen LogP contribution in [-0.2, 0) is 19.1 Å². The van der Waals surface area contributed by atoms with Gasteiger partial charge >= 0.3 is 11.9 Å². The molecule has 326 valence electrons. The number of hydrogen-bond acceptors (Lipinski definition) is 6. The van der Waals surface area contributed by atoms with Crippen molar-refractivity contribution in [1.82, 2.24) is 4.90 Å². The second kappa shape index (κ2) is 38.4. The average molecular weight is 778 g/mol. The molecular formula is C49H95NO5. The zero-order chi connectivity index (χ0) is 40.0. The van der Waals surface area contributed by atoms with Crippen LogP contribution in [0.4, 0.5) is 0 Å². The molecule has 1 rings (SSSR count). The summed E-state index contributed by atoms with van der Waals surface area (Å²) < 4.78 is 12.1. The molecule has 0 amide bonds. The second-order valence-corrected chi connectivity index (χ2v) is 17.7. The highest BCUT2D eigenvalue weighted by Gasteiger charge is 2.22. The first kappa shape index (κ1) is 51.9. The second-order valence-electron chi connectivity index (χ2n) is 17.7. The Morgan fingerprint density at radius 1 is 0.491 bits per heavy atom. The maximum atomic E-state index is 13.3. The molecule has 1 saturated carbocycles. The molecule has 0 aliphatic heterocycles. The molecule has 1 aliphatic rings. The highest BCUT2D eigenvalue weighted by Crippen LogP contribution is 2.26. The van der Waals surface area contributed by atoms with Gasteiger partial charge in [0, 0.05) is 31.3 Å². The molecule has 0 bridgehead atoms. The molecule has 2 unspecified atom stereocenters. The van der Waals surface area contributed by atoms with Crippen LogP contribution in [-0.4, -0.2) is 60.9 Å². The molecule has 0 heterocycles. The smallest absolute Gasteiger partial charge is 0.306 e. The number of carbonyl (C=O) groups is 2. The van der Waals surface area contributed by atoms with E-state index in [-0.39, 0.29) is 24.5 Å². The number of unbranched alkanes of at least 4 members (excludes halogenated alkanes) is 17. The molecule has 6 nitrogen and oxygen atoms in total. The maximum absolute atomic E-state index is 13.3. The highest BCUT2D eigenvalue weighted by molar-refractivity contribution is 5.70. The van der Waals surface area contributed by atoms with E-state index in [1.165, 1.54) is 161 Å². The van der Waals surface area contributed by atoms with Gasteiger partial charge in [0.1, 0.15) is 0 Å². The molecule has 2 atom stereocenters. The SMILES string of the molecule is CCCCCCCCC(CCCCCC)CC(=O)OCC(CCCCN(CCO)C1CCCCC1)COC(=O)CC(CCCCCC)CCCCCCCC. The lowest BCUT2D eigenvalue weighted by Crippen LogP contribution is -2.39. The normalized spacial score (nSPS) is 15.3. The minimum Gasteiger partial charge on any atom is -0.465 e. The van der Waals surface area contributed by atoms with E-state index in [2.05, 4.69) is 32.6 Å². The lowest BCUT2D eigenvalue weighted by molar-refractivity contribution is -0.150. The molecule has 0 aromatic heterocycles. The summed E-state index contributed by atoms with van der Waals surface area (Å²) in [6.45, 7) is 11.7. The van der Waals surface area contributed by atoms with E-state index < -0.39 is 0 Å². The minimum atomic E-state index is -0.0692. The topological polar surface area (TPSA) is 76.1 Å². The van der Waals surface area contributed by atoms with Crippen LogP contribution >= 0.6 is 0 Å². The standard InChI is InChI=1S/C49H95NO5/c1-5-9-13-17-19-24-32-44(30-22-15-11-7-3)40-48(52)54-42-46(34-28-29-37-50(38-39-51)47-35-26-21-27-36-47)43-55-49(53)41-45(31-23-16-12-8-4)33-25-20-18-14-10-6-2/h44-47,51H,5-43H2,1-4H3. The summed E-state index contributed by atoms with van der Waals surface area (Å²) in [6.07, 6.45) is 40.2. The van der Waals surface area contributed by atoms with E-state index in [0.717, 1.165) is 58.0 Å². The minimum absolute atomic E-state index is 0.0250. The van der Waals surface area contributed by atoms with Gasteiger partial charge in [-0.3, -0.25) is 14.5 Å². The zero-order valence-corrected chi connectivity index (χ0v) is 37.4. The summed E-state index contributed by atoms with van der Waals surface area (Å²) in [5, 5.41) is 9.77. The average Bonchev–Trinajstić information content (AvgIpc) is 3.19. The molecule has 0 saturated heterocycles. The third-order valence-electron chi connectivity index (χ3n) is 12.5. The number of hydrogen-bond donors (Lipinski definition) is 1. The van der Waals surface area contributed by atoms with E-state index in [0.29, 0.717) is 43.9 Å². The molecule has 0 aromatic carbocycles. The van der Waals surface area contributed by atoms with Crippen LogP contribution in [0.3, 0.4) is 0 Å². The van der Waals surface area contributed by atoms with Gasteiger partial charge in [-0.25, -0.2) is 0 Å². The van der Waals surface area contributed by atoms with Gasteiger partial charge in [-0.1, -0.05) is 182 Å². The Bertz CT molecular complexity index is 795. The van der Waals surface area contributed by atoms with E-state index in [1.54, 1.807) is 0 Å². The third-order valence-corrected chi connectivity index (χ3v) is 12.5. The van der Waals surface area contributed by atoms with E-state index >= 15 is 0 Å². The van der Waals surface area contributed by atoms with Gasteiger partial charge < -0.3 is 14.6 Å². The molecule has 1 fully saturated rings. The van der Waals surface area contributed by atoms with E-state index in [9.17, 15) is 14.7 Å². The van der Waals surface area contributed by atoms with Crippen molar-refractivity contribution in [2.45, 2.75) is 252 Å². The van der Waals surface area contributed by atoms with E-state index in [4.69, 9.17) is 9.47 Å². The highest BCUT2D eigenvalue weighted by atomic mass is 16.5.